The van der Waals surface area contributed by atoms with Gasteiger partial charge in [-0.25, -0.2) is 4.39 Å². The van der Waals surface area contributed by atoms with Crippen molar-refractivity contribution in [1.82, 2.24) is 4.90 Å². The zero-order valence-corrected chi connectivity index (χ0v) is 14.3. The largest absolute Gasteiger partial charge is 0.377 e. The molecular weight excluding hydrogens is 311 g/mol. The summed E-state index contributed by atoms with van der Waals surface area (Å²) in [5.41, 5.74) is 0.870. The third kappa shape index (κ3) is 3.61. The normalized spacial score (nSPS) is 27.5. The average molecular weight is 336 g/mol. The zero-order chi connectivity index (χ0) is 17.2. The van der Waals surface area contributed by atoms with Crippen LogP contribution < -0.4 is 5.32 Å². The molecule has 6 heteroatoms. The predicted molar refractivity (Wildman–Crippen MR) is 89.5 cm³/mol. The van der Waals surface area contributed by atoms with Crippen LogP contribution >= 0.6 is 0 Å². The van der Waals surface area contributed by atoms with E-state index in [2.05, 4.69) is 10.2 Å². The van der Waals surface area contributed by atoms with E-state index in [1.165, 1.54) is 6.07 Å². The molecule has 0 aromatic heterocycles. The number of aryl methyl sites for hydroxylation is 1. The first kappa shape index (κ1) is 17.3. The molecule has 132 valence electrons. The van der Waals surface area contributed by atoms with Crippen LogP contribution in [0.4, 0.5) is 10.1 Å². The van der Waals surface area contributed by atoms with E-state index < -0.39 is 0 Å². The number of hydrogen-bond acceptors (Lipinski definition) is 4. The highest BCUT2D eigenvalue weighted by Crippen LogP contribution is 2.37. The van der Waals surface area contributed by atoms with E-state index in [0.29, 0.717) is 17.8 Å². The number of nitrogens with one attached hydrogen (secondary N) is 1. The fraction of sp³-hybridized carbons (Fsp3) is 0.611. The van der Waals surface area contributed by atoms with E-state index in [0.717, 1.165) is 32.4 Å². The van der Waals surface area contributed by atoms with Crippen molar-refractivity contribution in [2.24, 2.45) is 0 Å². The van der Waals surface area contributed by atoms with E-state index in [1.54, 1.807) is 26.2 Å². The van der Waals surface area contributed by atoms with Crippen molar-refractivity contribution in [2.45, 2.75) is 37.9 Å². The summed E-state index contributed by atoms with van der Waals surface area (Å²) in [4.78, 5) is 14.3. The highest BCUT2D eigenvalue weighted by molar-refractivity contribution is 5.92. The van der Waals surface area contributed by atoms with Crippen molar-refractivity contribution in [2.75, 3.05) is 38.7 Å². The van der Waals surface area contributed by atoms with Gasteiger partial charge in [-0.05, 0) is 43.9 Å². The van der Waals surface area contributed by atoms with E-state index in [-0.39, 0.29) is 30.0 Å². The van der Waals surface area contributed by atoms with Crippen molar-refractivity contribution >= 4 is 11.6 Å². The molecule has 2 aliphatic heterocycles. The first-order valence-electron chi connectivity index (χ1n) is 8.47. The minimum atomic E-state index is -0.314. The number of benzene rings is 1. The standard InChI is InChI=1S/C18H25FN2O3/c1-13-4-5-14(10-15(13)19)20-17(22)12-21-8-7-18(6-3-9-24-18)16(11-21)23-2/h4-5,10,16H,3,6-9,11-12H2,1-2H3,(H,20,22)/t16-,18-/m0/s1. The second kappa shape index (κ2) is 7.17. The van der Waals surface area contributed by atoms with Crippen LogP contribution in [0, 0.1) is 12.7 Å². The number of hydrogen-bond donors (Lipinski definition) is 1. The molecule has 1 N–H and O–H groups in total. The number of carbonyl (C=O) groups excluding carboxylic acids is 1. The highest BCUT2D eigenvalue weighted by atomic mass is 19.1. The summed E-state index contributed by atoms with van der Waals surface area (Å²) < 4.78 is 25.2. The molecule has 1 aromatic rings. The van der Waals surface area contributed by atoms with Crippen LogP contribution in [0.25, 0.3) is 0 Å². The zero-order valence-electron chi connectivity index (χ0n) is 14.3. The van der Waals surface area contributed by atoms with Gasteiger partial charge in [-0.3, -0.25) is 9.69 Å². The molecule has 1 amide bonds. The lowest BCUT2D eigenvalue weighted by Crippen LogP contribution is -2.57. The van der Waals surface area contributed by atoms with Gasteiger partial charge < -0.3 is 14.8 Å². The molecule has 24 heavy (non-hydrogen) atoms. The number of halogens is 1. The molecule has 1 spiro atoms. The van der Waals surface area contributed by atoms with Gasteiger partial charge in [0.05, 0.1) is 18.2 Å². The van der Waals surface area contributed by atoms with Crippen LogP contribution in [-0.4, -0.2) is 55.9 Å². The van der Waals surface area contributed by atoms with Crippen LogP contribution in [0.3, 0.4) is 0 Å². The SMILES string of the molecule is CO[C@H]1CN(CC(=O)Nc2ccc(C)c(F)c2)CC[C@@]12CCCO2. The lowest BCUT2D eigenvalue weighted by Gasteiger charge is -2.44. The first-order valence-corrected chi connectivity index (χ1v) is 8.47. The summed E-state index contributed by atoms with van der Waals surface area (Å²) in [5, 5.41) is 2.76. The minimum Gasteiger partial charge on any atom is -0.377 e. The fourth-order valence-electron chi connectivity index (χ4n) is 3.68. The van der Waals surface area contributed by atoms with Gasteiger partial charge in [0, 0.05) is 32.5 Å². The maximum absolute atomic E-state index is 13.6. The van der Waals surface area contributed by atoms with Gasteiger partial charge >= 0.3 is 0 Å². The van der Waals surface area contributed by atoms with Gasteiger partial charge in [0.25, 0.3) is 0 Å². The molecule has 0 radical (unpaired) electrons. The number of amides is 1. The van der Waals surface area contributed by atoms with Crippen molar-refractivity contribution < 1.29 is 18.7 Å². The van der Waals surface area contributed by atoms with Gasteiger partial charge in [-0.1, -0.05) is 6.07 Å². The van der Waals surface area contributed by atoms with Crippen LogP contribution in [0.15, 0.2) is 18.2 Å². The van der Waals surface area contributed by atoms with Crippen LogP contribution in [0.5, 0.6) is 0 Å². The van der Waals surface area contributed by atoms with Gasteiger partial charge in [-0.2, -0.15) is 0 Å². The van der Waals surface area contributed by atoms with Crippen molar-refractivity contribution in [3.63, 3.8) is 0 Å². The third-order valence-electron chi connectivity index (χ3n) is 5.10. The molecule has 0 saturated carbocycles. The Balaban J connectivity index is 1.56. The number of piperidine rings is 1. The molecule has 3 rings (SSSR count). The van der Waals surface area contributed by atoms with Crippen LogP contribution in [0.1, 0.15) is 24.8 Å². The molecule has 2 heterocycles. The summed E-state index contributed by atoms with van der Waals surface area (Å²) in [6.45, 7) is 4.23. The van der Waals surface area contributed by atoms with E-state index in [4.69, 9.17) is 9.47 Å². The van der Waals surface area contributed by atoms with E-state index in [1.807, 2.05) is 0 Å². The Morgan fingerprint density at radius 3 is 3.00 bits per heavy atom. The maximum Gasteiger partial charge on any atom is 0.238 e. The average Bonchev–Trinajstić information content (AvgIpc) is 3.02. The highest BCUT2D eigenvalue weighted by Gasteiger charge is 2.46. The Hall–Kier alpha value is -1.50. The van der Waals surface area contributed by atoms with Gasteiger partial charge in [0.1, 0.15) is 5.82 Å². The molecule has 1 aromatic carbocycles. The second-order valence-corrected chi connectivity index (χ2v) is 6.74. The molecule has 2 fully saturated rings. The lowest BCUT2D eigenvalue weighted by atomic mass is 9.86. The molecule has 0 bridgehead atoms. The molecule has 2 saturated heterocycles. The van der Waals surface area contributed by atoms with Gasteiger partial charge in [0.15, 0.2) is 0 Å². The number of methoxy groups -OCH3 is 1. The van der Waals surface area contributed by atoms with Crippen molar-refractivity contribution in [3.8, 4) is 0 Å². The molecular formula is C18H25FN2O3. The van der Waals surface area contributed by atoms with E-state index in [9.17, 15) is 9.18 Å². The molecule has 0 unspecified atom stereocenters. The number of likely N-dealkylation sites (tertiary alicyclic amines) is 1. The summed E-state index contributed by atoms with van der Waals surface area (Å²) in [6.07, 6.45) is 2.95. The maximum atomic E-state index is 13.6. The Morgan fingerprint density at radius 1 is 1.50 bits per heavy atom. The topological polar surface area (TPSA) is 50.8 Å². The smallest absolute Gasteiger partial charge is 0.238 e. The molecule has 0 aliphatic carbocycles. The number of rotatable bonds is 4. The Morgan fingerprint density at radius 2 is 2.33 bits per heavy atom. The molecule has 2 atom stereocenters. The molecule has 5 nitrogen and oxygen atoms in total. The fourth-order valence-corrected chi connectivity index (χ4v) is 3.68. The van der Waals surface area contributed by atoms with Crippen LogP contribution in [0.2, 0.25) is 0 Å². The quantitative estimate of drug-likeness (QED) is 0.917. The summed E-state index contributed by atoms with van der Waals surface area (Å²) >= 11 is 0. The Kier molecular flexibility index (Phi) is 5.18. The summed E-state index contributed by atoms with van der Waals surface area (Å²) in [5.74, 6) is -0.457. The number of ether oxygens (including phenoxy) is 2. The Labute approximate surface area is 142 Å². The number of nitrogens with zero attached hydrogens (tertiary/aromatic N) is 1. The third-order valence-corrected chi connectivity index (χ3v) is 5.10. The number of anilines is 1. The van der Waals surface area contributed by atoms with Gasteiger partial charge in [0.2, 0.25) is 5.91 Å². The summed E-state index contributed by atoms with van der Waals surface area (Å²) in [7, 11) is 1.70. The summed E-state index contributed by atoms with van der Waals surface area (Å²) in [6, 6.07) is 4.72. The Bertz CT molecular complexity index is 602. The minimum absolute atomic E-state index is 0.0154. The van der Waals surface area contributed by atoms with Crippen LogP contribution in [-0.2, 0) is 14.3 Å². The molecule has 2 aliphatic rings. The second-order valence-electron chi connectivity index (χ2n) is 6.74. The number of carbonyl (C=O) groups is 1. The predicted octanol–water partition coefficient (Wildman–Crippen LogP) is 2.34. The first-order chi connectivity index (χ1) is 11.5. The van der Waals surface area contributed by atoms with Gasteiger partial charge in [-0.15, -0.1) is 0 Å². The van der Waals surface area contributed by atoms with E-state index >= 15 is 0 Å². The van der Waals surface area contributed by atoms with Crippen molar-refractivity contribution in [1.29, 1.82) is 0 Å². The van der Waals surface area contributed by atoms with Crippen molar-refractivity contribution in [3.05, 3.63) is 29.6 Å². The monoisotopic (exact) mass is 336 g/mol. The lowest BCUT2D eigenvalue weighted by molar-refractivity contribution is -0.145.